The van der Waals surface area contributed by atoms with Gasteiger partial charge in [-0.2, -0.15) is 0 Å². The van der Waals surface area contributed by atoms with Crippen LogP contribution in [0.15, 0.2) is 24.3 Å². The van der Waals surface area contributed by atoms with Crippen molar-refractivity contribution in [2.45, 2.75) is 12.8 Å². The average Bonchev–Trinajstić information content (AvgIpc) is 2.58. The zero-order valence-corrected chi connectivity index (χ0v) is 7.81. The first-order chi connectivity index (χ1) is 6.77. The minimum Gasteiger partial charge on any atom is -0.481 e. The lowest BCUT2D eigenvalue weighted by Crippen LogP contribution is -2.10. The number of rotatable bonds is 3. The maximum Gasteiger partial charge on any atom is 0.309 e. The number of hydrogen-bond donors (Lipinski definition) is 1. The molecule has 0 fully saturated rings. The van der Waals surface area contributed by atoms with Crippen LogP contribution in [0, 0.1) is 0 Å². The second kappa shape index (κ2) is 3.62. The third-order valence-electron chi connectivity index (χ3n) is 2.40. The van der Waals surface area contributed by atoms with Crippen molar-refractivity contribution in [3.63, 3.8) is 0 Å². The van der Waals surface area contributed by atoms with E-state index in [2.05, 4.69) is 6.07 Å². The lowest BCUT2D eigenvalue weighted by atomic mass is 10.1. The predicted molar refractivity (Wildman–Crippen MR) is 53.3 cm³/mol. The molecule has 1 N–H and O–H groups in total. The monoisotopic (exact) mass is 190 g/mol. The molecule has 0 unspecified atom stereocenters. The topological polar surface area (TPSA) is 40.3 Å². The van der Waals surface area contributed by atoms with Gasteiger partial charge in [-0.3, -0.25) is 4.79 Å². The molecule has 3 nitrogen and oxygen atoms in total. The van der Waals surface area contributed by atoms with Gasteiger partial charge in [-0.15, -0.1) is 0 Å². The molecule has 0 amide bonds. The molecule has 1 aliphatic rings. The quantitative estimate of drug-likeness (QED) is 0.732. The summed E-state index contributed by atoms with van der Waals surface area (Å²) in [4.78, 5) is 10.4. The fourth-order valence-electron chi connectivity index (χ4n) is 1.70. The van der Waals surface area contributed by atoms with Crippen molar-refractivity contribution in [2.24, 2.45) is 0 Å². The second-order valence-corrected chi connectivity index (χ2v) is 3.35. The summed E-state index contributed by atoms with van der Waals surface area (Å²) in [6, 6.07) is 8.09. The van der Waals surface area contributed by atoms with E-state index in [0.717, 1.165) is 12.1 Å². The van der Waals surface area contributed by atoms with Crippen LogP contribution in [0.1, 0.15) is 12.0 Å². The average molecular weight is 190 g/mol. The number of nitrogens with zero attached hydrogens (tertiary/aromatic N) is 1. The van der Waals surface area contributed by atoms with Crippen LogP contribution in [0.2, 0.25) is 0 Å². The number of para-hydroxylation sites is 1. The van der Waals surface area contributed by atoms with Gasteiger partial charge in [-0.05, 0) is 0 Å². The largest absolute Gasteiger partial charge is 0.481 e. The predicted octanol–water partition coefficient (Wildman–Crippen LogP) is 1.43. The molecule has 14 heavy (non-hydrogen) atoms. The van der Waals surface area contributed by atoms with Crippen LogP contribution < -0.4 is 0 Å². The first kappa shape index (κ1) is 8.94. The van der Waals surface area contributed by atoms with E-state index < -0.39 is 5.97 Å². The molecule has 1 aliphatic heterocycles. The molecule has 3 heteroatoms. The van der Waals surface area contributed by atoms with Gasteiger partial charge in [0.1, 0.15) is 12.6 Å². The second-order valence-electron chi connectivity index (χ2n) is 3.35. The molecule has 1 aromatic rings. The van der Waals surface area contributed by atoms with Gasteiger partial charge < -0.3 is 5.11 Å². The van der Waals surface area contributed by atoms with Crippen molar-refractivity contribution in [1.29, 1.82) is 0 Å². The van der Waals surface area contributed by atoms with Gasteiger partial charge in [0.25, 0.3) is 0 Å². The number of carbonyl (C=O) groups is 1. The van der Waals surface area contributed by atoms with Gasteiger partial charge in [0.15, 0.2) is 6.54 Å². The van der Waals surface area contributed by atoms with Crippen molar-refractivity contribution in [3.05, 3.63) is 29.8 Å². The van der Waals surface area contributed by atoms with Crippen LogP contribution in [-0.2, 0) is 11.2 Å². The Morgan fingerprint density at radius 1 is 1.43 bits per heavy atom. The SMILES string of the molecule is O=C(O)CC[N+]1=CCc2ccccc21. The van der Waals surface area contributed by atoms with Crippen molar-refractivity contribution in [2.75, 3.05) is 6.54 Å². The molecule has 0 spiro atoms. The van der Waals surface area contributed by atoms with E-state index in [1.807, 2.05) is 29.0 Å². The standard InChI is InChI=1S/C11H11NO2/c13-11(14)6-8-12-7-5-9-3-1-2-4-10(9)12/h1-4,7H,5-6,8H2/p+1. The maximum absolute atomic E-state index is 10.4. The number of benzene rings is 1. The van der Waals surface area contributed by atoms with Gasteiger partial charge >= 0.3 is 5.97 Å². The number of carboxylic acid groups (broad SMARTS) is 1. The van der Waals surface area contributed by atoms with Gasteiger partial charge in [-0.1, -0.05) is 18.2 Å². The third kappa shape index (κ3) is 1.66. The highest BCUT2D eigenvalue weighted by molar-refractivity contribution is 5.69. The summed E-state index contributed by atoms with van der Waals surface area (Å²) in [6.45, 7) is 0.562. The summed E-state index contributed by atoms with van der Waals surface area (Å²) < 4.78 is 2.02. The summed E-state index contributed by atoms with van der Waals surface area (Å²) >= 11 is 0. The molecule has 0 aromatic heterocycles. The molecule has 0 saturated carbocycles. The van der Waals surface area contributed by atoms with E-state index in [9.17, 15) is 4.79 Å². The summed E-state index contributed by atoms with van der Waals surface area (Å²) in [6.07, 6.45) is 3.15. The smallest absolute Gasteiger partial charge is 0.309 e. The lowest BCUT2D eigenvalue weighted by Gasteiger charge is -1.97. The van der Waals surface area contributed by atoms with Crippen LogP contribution in [0.3, 0.4) is 0 Å². The van der Waals surface area contributed by atoms with Gasteiger partial charge in [-0.25, -0.2) is 4.58 Å². The van der Waals surface area contributed by atoms with Gasteiger partial charge in [0, 0.05) is 11.6 Å². The molecule has 72 valence electrons. The molecular formula is C11H12NO2+. The van der Waals surface area contributed by atoms with E-state index >= 15 is 0 Å². The maximum atomic E-state index is 10.4. The fraction of sp³-hybridized carbons (Fsp3) is 0.273. The van der Waals surface area contributed by atoms with E-state index in [0.29, 0.717) is 6.54 Å². The number of fused-ring (bicyclic) bond motifs is 1. The van der Waals surface area contributed by atoms with E-state index in [1.165, 1.54) is 5.56 Å². The number of aliphatic carboxylic acids is 1. The third-order valence-corrected chi connectivity index (χ3v) is 2.40. The molecule has 0 saturated heterocycles. The molecule has 1 aromatic carbocycles. The summed E-state index contributed by atoms with van der Waals surface area (Å²) in [7, 11) is 0. The Balaban J connectivity index is 2.13. The fourth-order valence-corrected chi connectivity index (χ4v) is 1.70. The highest BCUT2D eigenvalue weighted by Gasteiger charge is 2.20. The molecule has 2 rings (SSSR count). The molecule has 0 bridgehead atoms. The number of carboxylic acids is 1. The Morgan fingerprint density at radius 2 is 2.21 bits per heavy atom. The Hall–Kier alpha value is -1.64. The minimum absolute atomic E-state index is 0.185. The Kier molecular flexibility index (Phi) is 2.31. The van der Waals surface area contributed by atoms with Crippen LogP contribution in [0.5, 0.6) is 0 Å². The van der Waals surface area contributed by atoms with Crippen LogP contribution >= 0.6 is 0 Å². The lowest BCUT2D eigenvalue weighted by molar-refractivity contribution is -0.431. The molecule has 0 aliphatic carbocycles. The van der Waals surface area contributed by atoms with Crippen LogP contribution in [0.4, 0.5) is 5.69 Å². The van der Waals surface area contributed by atoms with Gasteiger partial charge in [0.2, 0.25) is 5.69 Å². The zero-order valence-electron chi connectivity index (χ0n) is 7.81. The van der Waals surface area contributed by atoms with Gasteiger partial charge in [0.05, 0.1) is 6.42 Å². The molecule has 1 heterocycles. The highest BCUT2D eigenvalue weighted by Crippen LogP contribution is 2.22. The summed E-state index contributed by atoms with van der Waals surface area (Å²) in [5.41, 5.74) is 2.42. The molecule has 0 atom stereocenters. The van der Waals surface area contributed by atoms with E-state index in [1.54, 1.807) is 0 Å². The zero-order chi connectivity index (χ0) is 9.97. The number of hydrogen-bond acceptors (Lipinski definition) is 1. The Labute approximate surface area is 82.3 Å². The molecule has 0 radical (unpaired) electrons. The highest BCUT2D eigenvalue weighted by atomic mass is 16.4. The van der Waals surface area contributed by atoms with Crippen LogP contribution in [-0.4, -0.2) is 28.4 Å². The normalized spacial score (nSPS) is 13.6. The summed E-state index contributed by atoms with van der Waals surface area (Å²) in [5, 5.41) is 8.58. The Morgan fingerprint density at radius 3 is 3.00 bits per heavy atom. The van der Waals surface area contributed by atoms with Crippen molar-refractivity contribution < 1.29 is 14.5 Å². The molecular weight excluding hydrogens is 178 g/mol. The Bertz CT molecular complexity index is 396. The van der Waals surface area contributed by atoms with Crippen molar-refractivity contribution in [1.82, 2.24) is 0 Å². The van der Waals surface area contributed by atoms with Crippen molar-refractivity contribution in [3.8, 4) is 0 Å². The first-order valence-electron chi connectivity index (χ1n) is 4.67. The van der Waals surface area contributed by atoms with E-state index in [-0.39, 0.29) is 6.42 Å². The summed E-state index contributed by atoms with van der Waals surface area (Å²) in [5.74, 6) is -0.747. The van der Waals surface area contributed by atoms with Crippen LogP contribution in [0.25, 0.3) is 0 Å². The minimum atomic E-state index is -0.747. The van der Waals surface area contributed by atoms with Crippen molar-refractivity contribution >= 4 is 17.9 Å². The van der Waals surface area contributed by atoms with E-state index in [4.69, 9.17) is 5.11 Å². The first-order valence-corrected chi connectivity index (χ1v) is 4.67.